The second-order valence-electron chi connectivity index (χ2n) is 9.15. The van der Waals surface area contributed by atoms with Crippen LogP contribution < -0.4 is 5.32 Å². The molecule has 2 aliphatic carbocycles. The summed E-state index contributed by atoms with van der Waals surface area (Å²) in [4.78, 5) is 41.6. The molecule has 0 aromatic carbocycles. The number of esters is 2. The summed E-state index contributed by atoms with van der Waals surface area (Å²) in [5.74, 6) is -2.73. The number of thiophene rings is 1. The van der Waals surface area contributed by atoms with Crippen LogP contribution in [0.25, 0.3) is 0 Å². The van der Waals surface area contributed by atoms with Crippen molar-refractivity contribution in [3.63, 3.8) is 0 Å². The average molecular weight is 458 g/mol. The van der Waals surface area contributed by atoms with E-state index in [1.165, 1.54) is 13.5 Å². The molecule has 1 aromatic heterocycles. The van der Waals surface area contributed by atoms with E-state index in [-0.39, 0.29) is 23.8 Å². The van der Waals surface area contributed by atoms with E-state index in [0.29, 0.717) is 17.6 Å². The van der Waals surface area contributed by atoms with E-state index >= 15 is 0 Å². The van der Waals surface area contributed by atoms with E-state index in [2.05, 4.69) is 5.32 Å². The van der Waals surface area contributed by atoms with Crippen LogP contribution in [0.15, 0.2) is 34.7 Å². The van der Waals surface area contributed by atoms with Gasteiger partial charge in [0.05, 0.1) is 18.6 Å². The van der Waals surface area contributed by atoms with Gasteiger partial charge in [0.25, 0.3) is 0 Å². The summed E-state index contributed by atoms with van der Waals surface area (Å²) in [6, 6.07) is 3.97. The second-order valence-corrected chi connectivity index (χ2v) is 10.5. The highest BCUT2D eigenvalue weighted by atomic mass is 32.1. The van der Waals surface area contributed by atoms with Gasteiger partial charge >= 0.3 is 11.9 Å². The maximum Gasteiger partial charge on any atom is 0.337 e. The molecule has 3 aliphatic rings. The van der Waals surface area contributed by atoms with Crippen molar-refractivity contribution in [1.29, 1.82) is 0 Å². The van der Waals surface area contributed by atoms with E-state index in [1.54, 1.807) is 11.3 Å². The van der Waals surface area contributed by atoms with Crippen LogP contribution in [0.1, 0.15) is 68.0 Å². The molecule has 1 saturated carbocycles. The molecule has 0 unspecified atom stereocenters. The minimum atomic E-state index is -0.863. The van der Waals surface area contributed by atoms with Gasteiger partial charge in [0.2, 0.25) is 0 Å². The van der Waals surface area contributed by atoms with Gasteiger partial charge in [-0.1, -0.05) is 13.3 Å². The Morgan fingerprint density at radius 2 is 1.84 bits per heavy atom. The monoisotopic (exact) mass is 457 g/mol. The fourth-order valence-corrected chi connectivity index (χ4v) is 6.24. The third kappa shape index (κ3) is 4.15. The van der Waals surface area contributed by atoms with Crippen molar-refractivity contribution in [2.24, 2.45) is 11.8 Å². The predicted molar refractivity (Wildman–Crippen MR) is 122 cm³/mol. The summed E-state index contributed by atoms with van der Waals surface area (Å²) in [7, 11) is 1.31. The highest BCUT2D eigenvalue weighted by Crippen LogP contribution is 2.47. The van der Waals surface area contributed by atoms with Gasteiger partial charge in [-0.15, -0.1) is 11.3 Å². The molecule has 0 radical (unpaired) electrons. The number of ketones is 1. The molecular weight excluding hydrogens is 426 g/mol. The van der Waals surface area contributed by atoms with Gasteiger partial charge in [0.15, 0.2) is 5.78 Å². The third-order valence-corrected chi connectivity index (χ3v) is 7.90. The van der Waals surface area contributed by atoms with Gasteiger partial charge in [-0.2, -0.15) is 0 Å². The van der Waals surface area contributed by atoms with Crippen LogP contribution in [0.4, 0.5) is 0 Å². The van der Waals surface area contributed by atoms with E-state index < -0.39 is 17.8 Å². The molecule has 32 heavy (non-hydrogen) atoms. The molecule has 172 valence electrons. The first-order valence-corrected chi connectivity index (χ1v) is 12.2. The number of aryl methyl sites for hydroxylation is 1. The zero-order valence-electron chi connectivity index (χ0n) is 19.2. The fourth-order valence-electron chi connectivity index (χ4n) is 5.24. The Bertz CT molecular complexity index is 998. The van der Waals surface area contributed by atoms with Crippen molar-refractivity contribution in [2.45, 2.75) is 71.3 Å². The van der Waals surface area contributed by atoms with Crippen LogP contribution in [0.2, 0.25) is 0 Å². The maximum absolute atomic E-state index is 13.7. The molecule has 0 saturated heterocycles. The van der Waals surface area contributed by atoms with E-state index in [9.17, 15) is 14.4 Å². The molecule has 0 bridgehead atoms. The predicted octanol–water partition coefficient (Wildman–Crippen LogP) is 4.55. The van der Waals surface area contributed by atoms with Crippen LogP contribution in [0, 0.1) is 18.8 Å². The van der Waals surface area contributed by atoms with Crippen molar-refractivity contribution >= 4 is 29.1 Å². The lowest BCUT2D eigenvalue weighted by molar-refractivity contribution is -0.151. The third-order valence-electron chi connectivity index (χ3n) is 6.83. The maximum atomic E-state index is 13.7. The summed E-state index contributed by atoms with van der Waals surface area (Å²) >= 11 is 1.57. The van der Waals surface area contributed by atoms with Gasteiger partial charge in [-0.3, -0.25) is 9.59 Å². The normalized spacial score (nSPS) is 26.5. The van der Waals surface area contributed by atoms with Gasteiger partial charge in [-0.05, 0) is 64.0 Å². The number of ether oxygens (including phenoxy) is 2. The lowest BCUT2D eigenvalue weighted by Gasteiger charge is -2.38. The number of nitrogens with one attached hydrogen (secondary N) is 1. The molecule has 2 heterocycles. The van der Waals surface area contributed by atoms with Crippen LogP contribution >= 0.6 is 11.3 Å². The number of methoxy groups -OCH3 is 1. The minimum absolute atomic E-state index is 0.0810. The second kappa shape index (κ2) is 9.22. The first kappa shape index (κ1) is 22.8. The lowest BCUT2D eigenvalue weighted by atomic mass is 9.70. The summed E-state index contributed by atoms with van der Waals surface area (Å²) in [5, 5.41) is 3.32. The molecular formula is C25H31NO5S. The summed E-state index contributed by atoms with van der Waals surface area (Å²) < 4.78 is 10.9. The molecule has 7 heteroatoms. The van der Waals surface area contributed by atoms with Crippen LogP contribution in [0.5, 0.6) is 0 Å². The molecule has 1 N–H and O–H groups in total. The first-order valence-electron chi connectivity index (χ1n) is 11.4. The molecule has 4 rings (SSSR count). The molecule has 1 aliphatic heterocycles. The number of carbonyl (C=O) groups excluding carboxylic acids is 3. The average Bonchev–Trinajstić information content (AvgIpc) is 3.19. The summed E-state index contributed by atoms with van der Waals surface area (Å²) in [5.41, 5.74) is 2.49. The van der Waals surface area contributed by atoms with Gasteiger partial charge in [0.1, 0.15) is 12.0 Å². The molecule has 0 spiro atoms. The molecule has 1 fully saturated rings. The van der Waals surface area contributed by atoms with Gasteiger partial charge < -0.3 is 14.8 Å². The van der Waals surface area contributed by atoms with Crippen molar-refractivity contribution < 1.29 is 23.9 Å². The number of allylic oxidation sites excluding steroid dienone is 3. The van der Waals surface area contributed by atoms with Crippen molar-refractivity contribution in [3.05, 3.63) is 44.4 Å². The van der Waals surface area contributed by atoms with Crippen LogP contribution in [-0.4, -0.2) is 30.9 Å². The van der Waals surface area contributed by atoms with Crippen LogP contribution in [0.3, 0.4) is 0 Å². The smallest absolute Gasteiger partial charge is 0.337 e. The Morgan fingerprint density at radius 1 is 1.12 bits per heavy atom. The summed E-state index contributed by atoms with van der Waals surface area (Å²) in [6.07, 6.45) is 5.52. The molecule has 6 nitrogen and oxygen atoms in total. The minimum Gasteiger partial charge on any atom is -0.468 e. The molecule has 1 aromatic rings. The fraction of sp³-hybridized carbons (Fsp3) is 0.560. The van der Waals surface area contributed by atoms with Gasteiger partial charge in [-0.25, -0.2) is 4.79 Å². The number of rotatable bonds is 4. The Hall–Kier alpha value is -2.41. The molecule has 0 amide bonds. The Morgan fingerprint density at radius 3 is 2.47 bits per heavy atom. The van der Waals surface area contributed by atoms with E-state index in [1.807, 2.05) is 32.9 Å². The standard InChI is InChI=1S/C25H31NO5S/c1-13-12-17-21(23(27)19(13)24(28)30-4)22(18-11-10-14(2)32-18)20(15(3)26-17)25(29)31-16-8-6-5-7-9-16/h10-11,13,16,19,22,26H,5-9,12H2,1-4H3/t13-,19-,22+/m1/s1. The number of carbonyl (C=O) groups is 3. The van der Waals surface area contributed by atoms with E-state index in [0.717, 1.165) is 46.8 Å². The zero-order chi connectivity index (χ0) is 23.0. The van der Waals surface area contributed by atoms with E-state index in [4.69, 9.17) is 9.47 Å². The highest BCUT2D eigenvalue weighted by molar-refractivity contribution is 7.12. The Kier molecular flexibility index (Phi) is 6.56. The lowest BCUT2D eigenvalue weighted by Crippen LogP contribution is -2.43. The van der Waals surface area contributed by atoms with Gasteiger partial charge in [0, 0.05) is 26.7 Å². The highest BCUT2D eigenvalue weighted by Gasteiger charge is 2.47. The Labute approximate surface area is 193 Å². The largest absolute Gasteiger partial charge is 0.468 e. The summed E-state index contributed by atoms with van der Waals surface area (Å²) in [6.45, 7) is 5.76. The molecule has 3 atom stereocenters. The topological polar surface area (TPSA) is 81.7 Å². The van der Waals surface area contributed by atoms with Crippen molar-refractivity contribution in [2.75, 3.05) is 7.11 Å². The quantitative estimate of drug-likeness (QED) is 0.528. The first-order chi connectivity index (χ1) is 15.3. The SMILES string of the molecule is COC(=O)[C@H]1C(=O)C2=C(C[C@H]1C)NC(C)=C(C(=O)OC1CCCCC1)[C@@H]2c1ccc(C)s1. The number of dihydropyridines is 1. The Balaban J connectivity index is 1.75. The van der Waals surface area contributed by atoms with Crippen molar-refractivity contribution in [1.82, 2.24) is 5.32 Å². The van der Waals surface area contributed by atoms with Crippen LogP contribution in [-0.2, 0) is 23.9 Å². The zero-order valence-corrected chi connectivity index (χ0v) is 20.0. The number of hydrogen-bond donors (Lipinski definition) is 1. The number of Topliss-reactive ketones (excluding diaryl/α,β-unsaturated/α-hetero) is 1. The van der Waals surface area contributed by atoms with Crippen molar-refractivity contribution in [3.8, 4) is 0 Å². The number of hydrogen-bond acceptors (Lipinski definition) is 7.